The molecule has 0 spiro atoms. The van der Waals surface area contributed by atoms with Crippen molar-refractivity contribution in [3.05, 3.63) is 30.7 Å². The Balaban J connectivity index is 1.20. The molecule has 10 heteroatoms. The van der Waals surface area contributed by atoms with E-state index in [2.05, 4.69) is 35.4 Å². The van der Waals surface area contributed by atoms with Crippen molar-refractivity contribution in [3.63, 3.8) is 0 Å². The average Bonchev–Trinajstić information content (AvgIpc) is 3.23. The molecular formula is C18H23N9O. The van der Waals surface area contributed by atoms with Crippen molar-refractivity contribution < 1.29 is 4.74 Å². The zero-order valence-electron chi connectivity index (χ0n) is 15.6. The van der Waals surface area contributed by atoms with Crippen LogP contribution in [0.25, 0.3) is 5.65 Å². The van der Waals surface area contributed by atoms with E-state index in [1.54, 1.807) is 10.8 Å². The molecule has 5 heterocycles. The third-order valence-electron chi connectivity index (χ3n) is 5.26. The van der Waals surface area contributed by atoms with E-state index >= 15 is 0 Å². The van der Waals surface area contributed by atoms with Crippen molar-refractivity contribution in [2.75, 3.05) is 54.5 Å². The van der Waals surface area contributed by atoms with Crippen LogP contribution in [0.15, 0.2) is 30.7 Å². The van der Waals surface area contributed by atoms with Crippen molar-refractivity contribution in [1.82, 2.24) is 29.8 Å². The van der Waals surface area contributed by atoms with Crippen LogP contribution in [0, 0.1) is 0 Å². The summed E-state index contributed by atoms with van der Waals surface area (Å²) in [5.41, 5.74) is 0.764. The van der Waals surface area contributed by atoms with Gasteiger partial charge < -0.3 is 19.9 Å². The third-order valence-corrected chi connectivity index (χ3v) is 5.26. The van der Waals surface area contributed by atoms with Gasteiger partial charge in [0, 0.05) is 38.4 Å². The number of piperidine rings is 1. The Morgan fingerprint density at radius 2 is 1.86 bits per heavy atom. The van der Waals surface area contributed by atoms with Crippen molar-refractivity contribution in [2.45, 2.75) is 18.9 Å². The second kappa shape index (κ2) is 7.55. The maximum Gasteiger partial charge on any atom is 0.227 e. The Bertz CT molecular complexity index is 931. The molecule has 2 aliphatic rings. The molecule has 0 aliphatic carbocycles. The molecule has 2 saturated heterocycles. The average molecular weight is 381 g/mol. The highest BCUT2D eigenvalue weighted by molar-refractivity contribution is 5.46. The number of aromatic nitrogens is 6. The number of ether oxygens (including phenoxy) is 1. The van der Waals surface area contributed by atoms with Crippen molar-refractivity contribution in [3.8, 4) is 0 Å². The van der Waals surface area contributed by atoms with E-state index in [1.165, 1.54) is 0 Å². The van der Waals surface area contributed by atoms with Gasteiger partial charge in [-0.15, -0.1) is 15.3 Å². The lowest BCUT2D eigenvalue weighted by Crippen LogP contribution is -2.40. The highest BCUT2D eigenvalue weighted by Gasteiger charge is 2.21. The molecule has 0 atom stereocenters. The van der Waals surface area contributed by atoms with E-state index in [9.17, 15) is 0 Å². The lowest BCUT2D eigenvalue weighted by molar-refractivity contribution is 0.122. The van der Waals surface area contributed by atoms with Gasteiger partial charge in [0.1, 0.15) is 18.0 Å². The molecule has 0 aromatic carbocycles. The van der Waals surface area contributed by atoms with E-state index in [0.29, 0.717) is 6.04 Å². The molecule has 146 valence electrons. The van der Waals surface area contributed by atoms with Crippen LogP contribution in [0.5, 0.6) is 0 Å². The molecule has 5 rings (SSSR count). The summed E-state index contributed by atoms with van der Waals surface area (Å²) in [5.74, 6) is 2.62. The van der Waals surface area contributed by atoms with Crippen LogP contribution in [0.1, 0.15) is 12.8 Å². The van der Waals surface area contributed by atoms with Gasteiger partial charge in [-0.3, -0.25) is 0 Å². The van der Waals surface area contributed by atoms with Gasteiger partial charge in [-0.25, -0.2) is 4.98 Å². The van der Waals surface area contributed by atoms with Gasteiger partial charge in [-0.05, 0) is 31.0 Å². The molecule has 0 saturated carbocycles. The van der Waals surface area contributed by atoms with Gasteiger partial charge in [0.25, 0.3) is 0 Å². The summed E-state index contributed by atoms with van der Waals surface area (Å²) in [6, 6.07) is 6.30. The zero-order chi connectivity index (χ0) is 18.8. The Morgan fingerprint density at radius 3 is 2.71 bits per heavy atom. The number of morpholine rings is 1. The van der Waals surface area contributed by atoms with Crippen LogP contribution in [0.4, 0.5) is 17.6 Å². The number of anilines is 3. The second-order valence-corrected chi connectivity index (χ2v) is 7.07. The molecule has 0 bridgehead atoms. The topological polar surface area (TPSA) is 96.6 Å². The van der Waals surface area contributed by atoms with Gasteiger partial charge >= 0.3 is 0 Å². The normalized spacial score (nSPS) is 18.6. The molecule has 10 nitrogen and oxygen atoms in total. The van der Waals surface area contributed by atoms with Gasteiger partial charge in [0.15, 0.2) is 5.65 Å². The highest BCUT2D eigenvalue weighted by Crippen LogP contribution is 2.21. The molecule has 0 radical (unpaired) electrons. The summed E-state index contributed by atoms with van der Waals surface area (Å²) in [5, 5.41) is 16.1. The number of fused-ring (bicyclic) bond motifs is 1. The minimum absolute atomic E-state index is 0.391. The van der Waals surface area contributed by atoms with Crippen LogP contribution in [0.2, 0.25) is 0 Å². The first-order valence-electron chi connectivity index (χ1n) is 9.69. The zero-order valence-corrected chi connectivity index (χ0v) is 15.6. The second-order valence-electron chi connectivity index (χ2n) is 7.07. The minimum atomic E-state index is 0.391. The lowest BCUT2D eigenvalue weighted by atomic mass is 10.1. The fourth-order valence-electron chi connectivity index (χ4n) is 3.69. The Labute approximate surface area is 162 Å². The van der Waals surface area contributed by atoms with E-state index < -0.39 is 0 Å². The van der Waals surface area contributed by atoms with Crippen molar-refractivity contribution in [1.29, 1.82) is 0 Å². The first-order valence-corrected chi connectivity index (χ1v) is 9.69. The molecule has 2 aliphatic heterocycles. The molecule has 3 aromatic rings. The van der Waals surface area contributed by atoms with Crippen LogP contribution in [0.3, 0.4) is 0 Å². The van der Waals surface area contributed by atoms with Crippen molar-refractivity contribution in [2.24, 2.45) is 0 Å². The Hall–Kier alpha value is -3.01. The van der Waals surface area contributed by atoms with Crippen molar-refractivity contribution >= 4 is 23.2 Å². The maximum absolute atomic E-state index is 5.41. The van der Waals surface area contributed by atoms with Gasteiger partial charge in [0.2, 0.25) is 5.95 Å². The summed E-state index contributed by atoms with van der Waals surface area (Å²) in [6.07, 6.45) is 5.51. The predicted octanol–water partition coefficient (Wildman–Crippen LogP) is 0.832. The number of nitrogens with zero attached hydrogens (tertiary/aromatic N) is 8. The summed E-state index contributed by atoms with van der Waals surface area (Å²) < 4.78 is 7.12. The summed E-state index contributed by atoms with van der Waals surface area (Å²) >= 11 is 0. The monoisotopic (exact) mass is 381 g/mol. The SMILES string of the molecule is c1cc(NC2CCN(c3ccc4nncn4n3)CC2)nc(N2CCOCC2)n1. The summed E-state index contributed by atoms with van der Waals surface area (Å²) in [7, 11) is 0. The smallest absolute Gasteiger partial charge is 0.227 e. The van der Waals surface area contributed by atoms with Crippen LogP contribution >= 0.6 is 0 Å². The van der Waals surface area contributed by atoms with E-state index in [1.807, 2.05) is 24.4 Å². The first kappa shape index (κ1) is 17.1. The quantitative estimate of drug-likeness (QED) is 0.705. The fourth-order valence-corrected chi connectivity index (χ4v) is 3.69. The molecule has 28 heavy (non-hydrogen) atoms. The Kier molecular flexibility index (Phi) is 4.61. The maximum atomic E-state index is 5.41. The largest absolute Gasteiger partial charge is 0.378 e. The third kappa shape index (κ3) is 3.55. The predicted molar refractivity (Wildman–Crippen MR) is 105 cm³/mol. The van der Waals surface area contributed by atoms with E-state index in [0.717, 1.165) is 75.5 Å². The molecular weight excluding hydrogens is 358 g/mol. The molecule has 3 aromatic heterocycles. The fraction of sp³-hybridized carbons (Fsp3) is 0.500. The van der Waals surface area contributed by atoms with E-state index in [-0.39, 0.29) is 0 Å². The number of hydrogen-bond acceptors (Lipinski definition) is 9. The number of nitrogens with one attached hydrogen (secondary N) is 1. The molecule has 1 N–H and O–H groups in total. The van der Waals surface area contributed by atoms with E-state index in [4.69, 9.17) is 9.72 Å². The lowest BCUT2D eigenvalue weighted by Gasteiger charge is -2.33. The molecule has 0 amide bonds. The Morgan fingerprint density at radius 1 is 1.00 bits per heavy atom. The first-order chi connectivity index (χ1) is 13.8. The van der Waals surface area contributed by atoms with Crippen LogP contribution < -0.4 is 15.1 Å². The number of rotatable bonds is 4. The van der Waals surface area contributed by atoms with Gasteiger partial charge in [-0.1, -0.05) is 0 Å². The summed E-state index contributed by atoms with van der Waals surface area (Å²) in [6.45, 7) is 5.03. The molecule has 0 unspecified atom stereocenters. The van der Waals surface area contributed by atoms with Gasteiger partial charge in [-0.2, -0.15) is 9.50 Å². The van der Waals surface area contributed by atoms with Crippen LogP contribution in [-0.2, 0) is 4.74 Å². The number of hydrogen-bond donors (Lipinski definition) is 1. The highest BCUT2D eigenvalue weighted by atomic mass is 16.5. The standard InChI is InChI=1S/C18H23N9O/c1-2-17(24-27-13-20-23-16(1)27)25-7-4-14(5-8-25)21-15-3-6-19-18(22-15)26-9-11-28-12-10-26/h1-3,6,13-14H,4-5,7-12H2,(H,19,21,22). The molecule has 2 fully saturated rings. The van der Waals surface area contributed by atoms with Gasteiger partial charge in [0.05, 0.1) is 13.2 Å². The summed E-state index contributed by atoms with van der Waals surface area (Å²) in [4.78, 5) is 13.6. The minimum Gasteiger partial charge on any atom is -0.378 e. The van der Waals surface area contributed by atoms with Crippen LogP contribution in [-0.4, -0.2) is 75.2 Å².